The number of phenols is 1. The molecule has 0 saturated heterocycles. The first-order valence-corrected chi connectivity index (χ1v) is 13.2. The summed E-state index contributed by atoms with van der Waals surface area (Å²) >= 11 is 0. The summed E-state index contributed by atoms with van der Waals surface area (Å²) < 4.78 is 10.8. The van der Waals surface area contributed by atoms with E-state index in [-0.39, 0.29) is 17.9 Å². The zero-order valence-electron chi connectivity index (χ0n) is 21.1. The summed E-state index contributed by atoms with van der Waals surface area (Å²) in [7, 11) is 0. The van der Waals surface area contributed by atoms with E-state index in [1.165, 1.54) is 102 Å². The van der Waals surface area contributed by atoms with Gasteiger partial charge in [0.1, 0.15) is 17.1 Å². The van der Waals surface area contributed by atoms with Crippen LogP contribution in [0.4, 0.5) is 0 Å². The minimum Gasteiger partial charge on any atom is -0.507 e. The van der Waals surface area contributed by atoms with Gasteiger partial charge in [0.25, 0.3) is 0 Å². The smallest absolute Gasteiger partial charge is 0.342 e. The lowest BCUT2D eigenvalue weighted by molar-refractivity contribution is 0.0522. The Bertz CT molecular complexity index is 588. The van der Waals surface area contributed by atoms with Crippen LogP contribution in [0.15, 0.2) is 12.1 Å². The van der Waals surface area contributed by atoms with Crippen molar-refractivity contribution in [3.05, 3.63) is 23.3 Å². The van der Waals surface area contributed by atoms with Gasteiger partial charge in [-0.3, -0.25) is 0 Å². The Labute approximate surface area is 197 Å². The lowest BCUT2D eigenvalue weighted by Gasteiger charge is -2.11. The SMILES string of the molecule is CCCCCCCCCCCCCCCCCCOc1cc(C)c(C(=O)OCC)c(O)c1. The number of aryl methyl sites for hydroxylation is 1. The molecule has 0 fully saturated rings. The van der Waals surface area contributed by atoms with Gasteiger partial charge in [0.2, 0.25) is 0 Å². The van der Waals surface area contributed by atoms with Crippen molar-refractivity contribution in [1.82, 2.24) is 0 Å². The van der Waals surface area contributed by atoms with Crippen LogP contribution in [-0.2, 0) is 4.74 Å². The third kappa shape index (κ3) is 13.0. The number of carbonyl (C=O) groups is 1. The molecule has 184 valence electrons. The second-order valence-corrected chi connectivity index (χ2v) is 9.01. The van der Waals surface area contributed by atoms with Crippen LogP contribution < -0.4 is 4.74 Å². The van der Waals surface area contributed by atoms with Crippen molar-refractivity contribution in [3.63, 3.8) is 0 Å². The molecule has 1 aromatic carbocycles. The molecule has 1 aromatic rings. The fourth-order valence-corrected chi connectivity index (χ4v) is 4.13. The zero-order valence-corrected chi connectivity index (χ0v) is 21.1. The minimum absolute atomic E-state index is 0.0783. The Hall–Kier alpha value is -1.71. The molecule has 0 atom stereocenters. The summed E-state index contributed by atoms with van der Waals surface area (Å²) in [6, 6.07) is 3.30. The van der Waals surface area contributed by atoms with Gasteiger partial charge in [0.15, 0.2) is 0 Å². The van der Waals surface area contributed by atoms with Gasteiger partial charge >= 0.3 is 5.97 Å². The fraction of sp³-hybridized carbons (Fsp3) is 0.750. The molecular weight excluding hydrogens is 400 g/mol. The van der Waals surface area contributed by atoms with E-state index in [0.717, 1.165) is 6.42 Å². The molecule has 0 aliphatic heterocycles. The number of esters is 1. The quantitative estimate of drug-likeness (QED) is 0.160. The molecule has 0 aliphatic carbocycles. The van der Waals surface area contributed by atoms with Gasteiger partial charge in [-0.15, -0.1) is 0 Å². The molecule has 4 nitrogen and oxygen atoms in total. The summed E-state index contributed by atoms with van der Waals surface area (Å²) in [5.41, 5.74) is 0.895. The molecule has 0 spiro atoms. The third-order valence-corrected chi connectivity index (χ3v) is 6.03. The Balaban J connectivity index is 1.97. The van der Waals surface area contributed by atoms with Gasteiger partial charge in [-0.1, -0.05) is 103 Å². The summed E-state index contributed by atoms with van der Waals surface area (Å²) in [6.45, 7) is 6.73. The summed E-state index contributed by atoms with van der Waals surface area (Å²) in [6.07, 6.45) is 21.6. The number of hydrogen-bond donors (Lipinski definition) is 1. The standard InChI is InChI=1S/C28H48O4/c1-4-6-7-8-9-10-11-12-13-14-15-16-17-18-19-20-21-32-25-22-24(3)27(26(29)23-25)28(30)31-5-2/h22-23,29H,4-21H2,1-3H3. The molecule has 0 unspecified atom stereocenters. The second-order valence-electron chi connectivity index (χ2n) is 9.01. The van der Waals surface area contributed by atoms with E-state index < -0.39 is 5.97 Å². The van der Waals surface area contributed by atoms with Gasteiger partial charge < -0.3 is 14.6 Å². The van der Waals surface area contributed by atoms with Crippen molar-refractivity contribution in [1.29, 1.82) is 0 Å². The molecular formula is C28H48O4. The third-order valence-electron chi connectivity index (χ3n) is 6.03. The van der Waals surface area contributed by atoms with E-state index >= 15 is 0 Å². The van der Waals surface area contributed by atoms with Crippen LogP contribution in [0.1, 0.15) is 133 Å². The number of rotatable bonds is 20. The Kier molecular flexibility index (Phi) is 16.7. The summed E-state index contributed by atoms with van der Waals surface area (Å²) in [5.74, 6) is 0.0336. The van der Waals surface area contributed by atoms with Crippen LogP contribution in [0, 0.1) is 6.92 Å². The monoisotopic (exact) mass is 448 g/mol. The maximum Gasteiger partial charge on any atom is 0.342 e. The van der Waals surface area contributed by atoms with Crippen molar-refractivity contribution in [3.8, 4) is 11.5 Å². The minimum atomic E-state index is -0.494. The fourth-order valence-electron chi connectivity index (χ4n) is 4.13. The highest BCUT2D eigenvalue weighted by Crippen LogP contribution is 2.28. The predicted octanol–water partition coefficient (Wildman–Crippen LogP) is 8.52. The van der Waals surface area contributed by atoms with Crippen LogP contribution in [-0.4, -0.2) is 24.3 Å². The molecule has 0 aliphatic rings. The predicted molar refractivity (Wildman–Crippen MR) is 134 cm³/mol. The first-order chi connectivity index (χ1) is 15.6. The van der Waals surface area contributed by atoms with Gasteiger partial charge in [-0.2, -0.15) is 0 Å². The number of unbranched alkanes of at least 4 members (excludes halogenated alkanes) is 15. The van der Waals surface area contributed by atoms with Gasteiger partial charge in [-0.25, -0.2) is 4.79 Å². The number of ether oxygens (including phenoxy) is 2. The van der Waals surface area contributed by atoms with Crippen LogP contribution in [0.5, 0.6) is 11.5 Å². The maximum absolute atomic E-state index is 11.9. The second kappa shape index (κ2) is 18.8. The van der Waals surface area contributed by atoms with Crippen molar-refractivity contribution in [2.75, 3.05) is 13.2 Å². The molecule has 0 heterocycles. The normalized spacial score (nSPS) is 11.0. The molecule has 4 heteroatoms. The summed E-state index contributed by atoms with van der Waals surface area (Å²) in [4.78, 5) is 11.9. The van der Waals surface area contributed by atoms with E-state index in [2.05, 4.69) is 6.92 Å². The van der Waals surface area contributed by atoms with Crippen LogP contribution in [0.25, 0.3) is 0 Å². The highest BCUT2D eigenvalue weighted by atomic mass is 16.5. The Morgan fingerprint density at radius 1 is 0.750 bits per heavy atom. The zero-order chi connectivity index (χ0) is 23.4. The highest BCUT2D eigenvalue weighted by molar-refractivity contribution is 5.94. The number of benzene rings is 1. The number of hydrogen-bond acceptors (Lipinski definition) is 4. The molecule has 0 radical (unpaired) electrons. The van der Waals surface area contributed by atoms with Crippen molar-refractivity contribution in [2.24, 2.45) is 0 Å². The molecule has 0 bridgehead atoms. The van der Waals surface area contributed by atoms with Crippen molar-refractivity contribution >= 4 is 5.97 Å². The number of aromatic hydroxyl groups is 1. The van der Waals surface area contributed by atoms with Crippen LogP contribution >= 0.6 is 0 Å². The molecule has 0 aromatic heterocycles. The maximum atomic E-state index is 11.9. The van der Waals surface area contributed by atoms with E-state index in [1.54, 1.807) is 19.9 Å². The lowest BCUT2D eigenvalue weighted by atomic mass is 10.0. The first kappa shape index (κ1) is 28.3. The van der Waals surface area contributed by atoms with E-state index in [1.807, 2.05) is 0 Å². The topological polar surface area (TPSA) is 55.8 Å². The Morgan fingerprint density at radius 3 is 1.66 bits per heavy atom. The Morgan fingerprint density at radius 2 is 1.22 bits per heavy atom. The van der Waals surface area contributed by atoms with Crippen molar-refractivity contribution < 1.29 is 19.4 Å². The average Bonchev–Trinajstić information content (AvgIpc) is 2.75. The molecule has 1 N–H and O–H groups in total. The first-order valence-electron chi connectivity index (χ1n) is 13.2. The molecule has 1 rings (SSSR count). The average molecular weight is 449 g/mol. The van der Waals surface area contributed by atoms with E-state index in [9.17, 15) is 9.90 Å². The number of carbonyl (C=O) groups excluding carboxylic acids is 1. The molecule has 0 saturated carbocycles. The van der Waals surface area contributed by atoms with Gasteiger partial charge in [0.05, 0.1) is 13.2 Å². The van der Waals surface area contributed by atoms with E-state index in [4.69, 9.17) is 9.47 Å². The van der Waals surface area contributed by atoms with Crippen LogP contribution in [0.2, 0.25) is 0 Å². The van der Waals surface area contributed by atoms with Crippen LogP contribution in [0.3, 0.4) is 0 Å². The molecule has 32 heavy (non-hydrogen) atoms. The number of phenolic OH excluding ortho intramolecular Hbond substituents is 1. The van der Waals surface area contributed by atoms with Gasteiger partial charge in [0, 0.05) is 6.07 Å². The van der Waals surface area contributed by atoms with E-state index in [0.29, 0.717) is 17.9 Å². The van der Waals surface area contributed by atoms with Gasteiger partial charge in [-0.05, 0) is 31.9 Å². The summed E-state index contributed by atoms with van der Waals surface area (Å²) in [5, 5.41) is 10.1. The molecule has 0 amide bonds. The largest absolute Gasteiger partial charge is 0.507 e. The highest BCUT2D eigenvalue weighted by Gasteiger charge is 2.17. The van der Waals surface area contributed by atoms with Crippen molar-refractivity contribution in [2.45, 2.75) is 124 Å². The lowest BCUT2D eigenvalue weighted by Crippen LogP contribution is -2.07.